The summed E-state index contributed by atoms with van der Waals surface area (Å²) in [4.78, 5) is 3.89. The van der Waals surface area contributed by atoms with Gasteiger partial charge in [-0.15, -0.1) is 11.3 Å². The minimum absolute atomic E-state index is 0.124. The van der Waals surface area contributed by atoms with Gasteiger partial charge in [0.1, 0.15) is 0 Å². The van der Waals surface area contributed by atoms with Crippen molar-refractivity contribution in [2.45, 2.75) is 19.0 Å². The molecule has 2 aromatic rings. The van der Waals surface area contributed by atoms with Crippen LogP contribution in [0.15, 0.2) is 41.8 Å². The summed E-state index contributed by atoms with van der Waals surface area (Å²) in [7, 11) is 0. The molecule has 1 aromatic heterocycles. The maximum absolute atomic E-state index is 9.69. The summed E-state index contributed by atoms with van der Waals surface area (Å²) in [6.45, 7) is 2.18. The molecule has 0 radical (unpaired) electrons. The fraction of sp³-hybridized carbons (Fsp3) is 0.333. The van der Waals surface area contributed by atoms with E-state index in [9.17, 15) is 5.11 Å². The van der Waals surface area contributed by atoms with Crippen LogP contribution in [0.1, 0.15) is 22.0 Å². The Hall–Kier alpha value is -1.16. The number of hydrogen-bond acceptors (Lipinski definition) is 3. The maximum Gasteiger partial charge on any atom is 0.0628 e. The van der Waals surface area contributed by atoms with E-state index in [0.29, 0.717) is 0 Å². The van der Waals surface area contributed by atoms with Crippen LogP contribution in [0, 0.1) is 0 Å². The minimum atomic E-state index is 0.124. The van der Waals surface area contributed by atoms with E-state index in [4.69, 9.17) is 0 Å². The van der Waals surface area contributed by atoms with Crippen LogP contribution in [0.4, 0.5) is 0 Å². The largest absolute Gasteiger partial charge is 0.394 e. The number of nitrogens with zero attached hydrogens (tertiary/aromatic N) is 1. The number of rotatable bonds is 3. The SMILES string of the molecule is OCC(c1ccccc1)N1CCc2sccc2C1. The zero-order valence-electron chi connectivity index (χ0n) is 10.2. The Balaban J connectivity index is 1.82. The monoisotopic (exact) mass is 259 g/mol. The van der Waals surface area contributed by atoms with Crippen LogP contribution in [-0.2, 0) is 13.0 Å². The summed E-state index contributed by atoms with van der Waals surface area (Å²) in [5.41, 5.74) is 2.64. The minimum Gasteiger partial charge on any atom is -0.394 e. The van der Waals surface area contributed by atoms with Gasteiger partial charge in [0.2, 0.25) is 0 Å². The number of aliphatic hydroxyl groups is 1. The predicted octanol–water partition coefficient (Wildman–Crippen LogP) is 2.84. The average Bonchev–Trinajstić information content (AvgIpc) is 2.88. The van der Waals surface area contributed by atoms with Crippen molar-refractivity contribution in [2.75, 3.05) is 13.2 Å². The van der Waals surface area contributed by atoms with E-state index in [-0.39, 0.29) is 12.6 Å². The van der Waals surface area contributed by atoms with Gasteiger partial charge in [-0.25, -0.2) is 0 Å². The highest BCUT2D eigenvalue weighted by Crippen LogP contribution is 2.29. The fourth-order valence-electron chi connectivity index (χ4n) is 2.64. The van der Waals surface area contributed by atoms with Crippen LogP contribution in [0.25, 0.3) is 0 Å². The van der Waals surface area contributed by atoms with Crippen molar-refractivity contribution in [3.05, 3.63) is 57.8 Å². The van der Waals surface area contributed by atoms with Gasteiger partial charge >= 0.3 is 0 Å². The number of aliphatic hydroxyl groups excluding tert-OH is 1. The zero-order valence-corrected chi connectivity index (χ0v) is 11.1. The molecule has 1 aliphatic heterocycles. The number of thiophene rings is 1. The number of benzene rings is 1. The lowest BCUT2D eigenvalue weighted by Gasteiger charge is -2.33. The van der Waals surface area contributed by atoms with Crippen molar-refractivity contribution in [2.24, 2.45) is 0 Å². The van der Waals surface area contributed by atoms with Gasteiger partial charge in [0.05, 0.1) is 12.6 Å². The third kappa shape index (κ3) is 2.21. The Labute approximate surface area is 112 Å². The molecule has 1 aliphatic rings. The lowest BCUT2D eigenvalue weighted by atomic mass is 10.0. The third-order valence-electron chi connectivity index (χ3n) is 3.64. The summed E-state index contributed by atoms with van der Waals surface area (Å²) >= 11 is 1.85. The topological polar surface area (TPSA) is 23.5 Å². The second-order valence-electron chi connectivity index (χ2n) is 4.70. The smallest absolute Gasteiger partial charge is 0.0628 e. The van der Waals surface area contributed by atoms with Gasteiger partial charge in [-0.2, -0.15) is 0 Å². The highest BCUT2D eigenvalue weighted by atomic mass is 32.1. The number of hydrogen-bond donors (Lipinski definition) is 1. The van der Waals surface area contributed by atoms with E-state index < -0.39 is 0 Å². The molecule has 2 nitrogen and oxygen atoms in total. The van der Waals surface area contributed by atoms with Crippen LogP contribution in [-0.4, -0.2) is 23.2 Å². The molecular weight excluding hydrogens is 242 g/mol. The molecule has 0 saturated heterocycles. The Bertz CT molecular complexity index is 508. The standard InChI is InChI=1S/C15H17NOS/c17-11-14(12-4-2-1-3-5-12)16-8-6-15-13(10-16)7-9-18-15/h1-5,7,9,14,17H,6,8,10-11H2. The van der Waals surface area contributed by atoms with Crippen molar-refractivity contribution in [1.29, 1.82) is 0 Å². The molecule has 1 N–H and O–H groups in total. The summed E-state index contributed by atoms with van der Waals surface area (Å²) in [5, 5.41) is 11.9. The van der Waals surface area contributed by atoms with Crippen LogP contribution in [0.2, 0.25) is 0 Å². The van der Waals surface area contributed by atoms with Gasteiger partial charge in [0.15, 0.2) is 0 Å². The van der Waals surface area contributed by atoms with Crippen LogP contribution >= 0.6 is 11.3 Å². The summed E-state index contributed by atoms with van der Waals surface area (Å²) in [6, 6.07) is 12.6. The van der Waals surface area contributed by atoms with E-state index in [1.165, 1.54) is 16.0 Å². The fourth-order valence-corrected chi connectivity index (χ4v) is 3.53. The first-order chi connectivity index (χ1) is 8.88. The normalized spacial score (nSPS) is 17.4. The lowest BCUT2D eigenvalue weighted by molar-refractivity contribution is 0.112. The van der Waals surface area contributed by atoms with Gasteiger partial charge in [-0.1, -0.05) is 30.3 Å². The van der Waals surface area contributed by atoms with Gasteiger partial charge in [-0.05, 0) is 29.0 Å². The first kappa shape index (κ1) is 11.9. The summed E-state index contributed by atoms with van der Waals surface area (Å²) in [6.07, 6.45) is 1.11. The highest BCUT2D eigenvalue weighted by molar-refractivity contribution is 7.10. The lowest BCUT2D eigenvalue weighted by Crippen LogP contribution is -2.35. The van der Waals surface area contributed by atoms with Gasteiger partial charge in [0.25, 0.3) is 0 Å². The molecule has 94 valence electrons. The summed E-state index contributed by atoms with van der Waals surface area (Å²) < 4.78 is 0. The molecule has 0 saturated carbocycles. The molecular formula is C15H17NOS. The quantitative estimate of drug-likeness (QED) is 0.916. The van der Waals surface area contributed by atoms with Crippen LogP contribution < -0.4 is 0 Å². The Morgan fingerprint density at radius 3 is 2.83 bits per heavy atom. The Kier molecular flexibility index (Phi) is 3.46. The highest BCUT2D eigenvalue weighted by Gasteiger charge is 2.24. The first-order valence-corrected chi connectivity index (χ1v) is 7.21. The molecule has 2 heterocycles. The molecule has 3 heteroatoms. The van der Waals surface area contributed by atoms with Crippen molar-refractivity contribution < 1.29 is 5.11 Å². The van der Waals surface area contributed by atoms with Crippen molar-refractivity contribution >= 4 is 11.3 Å². The maximum atomic E-state index is 9.69. The second-order valence-corrected chi connectivity index (χ2v) is 5.70. The second kappa shape index (κ2) is 5.22. The molecule has 0 spiro atoms. The molecule has 1 aromatic carbocycles. The Morgan fingerprint density at radius 2 is 2.06 bits per heavy atom. The first-order valence-electron chi connectivity index (χ1n) is 6.33. The Morgan fingerprint density at radius 1 is 1.22 bits per heavy atom. The molecule has 0 amide bonds. The van der Waals surface area contributed by atoms with E-state index in [0.717, 1.165) is 19.5 Å². The third-order valence-corrected chi connectivity index (χ3v) is 4.66. The van der Waals surface area contributed by atoms with E-state index in [1.54, 1.807) is 0 Å². The average molecular weight is 259 g/mol. The molecule has 0 aliphatic carbocycles. The predicted molar refractivity (Wildman–Crippen MR) is 74.7 cm³/mol. The van der Waals surface area contributed by atoms with E-state index in [2.05, 4.69) is 28.5 Å². The molecule has 1 unspecified atom stereocenters. The van der Waals surface area contributed by atoms with Crippen molar-refractivity contribution in [1.82, 2.24) is 4.90 Å². The van der Waals surface area contributed by atoms with E-state index in [1.807, 2.05) is 29.5 Å². The van der Waals surface area contributed by atoms with Gasteiger partial charge < -0.3 is 5.11 Å². The number of fused-ring (bicyclic) bond motifs is 1. The van der Waals surface area contributed by atoms with Crippen molar-refractivity contribution in [3.63, 3.8) is 0 Å². The zero-order chi connectivity index (χ0) is 12.4. The molecule has 0 fully saturated rings. The van der Waals surface area contributed by atoms with Crippen molar-refractivity contribution in [3.8, 4) is 0 Å². The van der Waals surface area contributed by atoms with Crippen LogP contribution in [0.3, 0.4) is 0 Å². The van der Waals surface area contributed by atoms with Gasteiger partial charge in [-0.3, -0.25) is 4.90 Å². The van der Waals surface area contributed by atoms with Gasteiger partial charge in [0, 0.05) is 18.0 Å². The molecule has 18 heavy (non-hydrogen) atoms. The molecule has 1 atom stereocenters. The van der Waals surface area contributed by atoms with E-state index >= 15 is 0 Å². The molecule has 3 rings (SSSR count). The molecule has 0 bridgehead atoms. The van der Waals surface area contributed by atoms with Crippen LogP contribution in [0.5, 0.6) is 0 Å². The summed E-state index contributed by atoms with van der Waals surface area (Å²) in [5.74, 6) is 0.